The number of benzene rings is 2. The molecule has 0 unspecified atom stereocenters. The second-order valence-electron chi connectivity index (χ2n) is 4.56. The molecule has 3 rings (SSSR count). The number of amides is 1. The summed E-state index contributed by atoms with van der Waals surface area (Å²) in [6, 6.07) is 12.3. The van der Waals surface area contributed by atoms with Crippen molar-refractivity contribution in [2.75, 3.05) is 4.90 Å². The van der Waals surface area contributed by atoms with E-state index in [2.05, 4.69) is 22.6 Å². The Morgan fingerprint density at radius 1 is 1.16 bits per heavy atom. The van der Waals surface area contributed by atoms with Crippen LogP contribution < -0.4 is 4.90 Å². The zero-order valence-corrected chi connectivity index (χ0v) is 12.2. The van der Waals surface area contributed by atoms with E-state index < -0.39 is 0 Å². The van der Waals surface area contributed by atoms with Crippen LogP contribution in [0.5, 0.6) is 0 Å². The molecule has 1 aliphatic heterocycles. The molecule has 2 aromatic carbocycles. The third-order valence-electron chi connectivity index (χ3n) is 3.23. The first-order valence-electron chi connectivity index (χ1n) is 5.97. The van der Waals surface area contributed by atoms with Gasteiger partial charge in [0.05, 0.1) is 13.0 Å². The number of anilines is 1. The van der Waals surface area contributed by atoms with Crippen LogP contribution in [0.15, 0.2) is 42.5 Å². The third-order valence-corrected chi connectivity index (χ3v) is 3.90. The number of rotatable bonds is 2. The van der Waals surface area contributed by atoms with E-state index in [0.717, 1.165) is 20.4 Å². The van der Waals surface area contributed by atoms with Crippen LogP contribution in [-0.2, 0) is 17.8 Å². The zero-order chi connectivity index (χ0) is 13.4. The van der Waals surface area contributed by atoms with Gasteiger partial charge in [0.1, 0.15) is 5.82 Å². The maximum Gasteiger partial charge on any atom is 0.231 e. The van der Waals surface area contributed by atoms with Crippen molar-refractivity contribution in [2.45, 2.75) is 13.0 Å². The smallest absolute Gasteiger partial charge is 0.231 e. The molecule has 0 N–H and O–H groups in total. The minimum Gasteiger partial charge on any atom is -0.307 e. The van der Waals surface area contributed by atoms with E-state index in [1.54, 1.807) is 17.0 Å². The average Bonchev–Trinajstić information content (AvgIpc) is 2.68. The van der Waals surface area contributed by atoms with Gasteiger partial charge < -0.3 is 4.90 Å². The number of fused-ring (bicyclic) bond motifs is 1. The van der Waals surface area contributed by atoms with Gasteiger partial charge in [0.2, 0.25) is 5.91 Å². The minimum atomic E-state index is -0.258. The highest BCUT2D eigenvalue weighted by molar-refractivity contribution is 14.1. The second-order valence-corrected chi connectivity index (χ2v) is 5.80. The molecule has 0 fully saturated rings. The molecule has 2 nitrogen and oxygen atoms in total. The van der Waals surface area contributed by atoms with Crippen molar-refractivity contribution in [3.05, 3.63) is 63.0 Å². The van der Waals surface area contributed by atoms with Gasteiger partial charge >= 0.3 is 0 Å². The number of hydrogen-bond acceptors (Lipinski definition) is 1. The fraction of sp³-hybridized carbons (Fsp3) is 0.133. The lowest BCUT2D eigenvalue weighted by atomic mass is 10.1. The van der Waals surface area contributed by atoms with Gasteiger partial charge in [-0.3, -0.25) is 4.79 Å². The van der Waals surface area contributed by atoms with Crippen molar-refractivity contribution in [1.82, 2.24) is 0 Å². The molecule has 1 heterocycles. The molecular formula is C15H11FINO. The maximum absolute atomic E-state index is 12.9. The van der Waals surface area contributed by atoms with Crippen LogP contribution in [0.4, 0.5) is 10.1 Å². The second kappa shape index (κ2) is 4.92. The van der Waals surface area contributed by atoms with Crippen LogP contribution >= 0.6 is 22.6 Å². The van der Waals surface area contributed by atoms with Crippen LogP contribution in [-0.4, -0.2) is 5.91 Å². The first kappa shape index (κ1) is 12.6. The summed E-state index contributed by atoms with van der Waals surface area (Å²) in [5, 5.41) is 0. The van der Waals surface area contributed by atoms with Crippen molar-refractivity contribution in [3.63, 3.8) is 0 Å². The summed E-state index contributed by atoms with van der Waals surface area (Å²) in [5.41, 5.74) is 2.97. The molecule has 1 aliphatic rings. The van der Waals surface area contributed by atoms with Gasteiger partial charge in [0.25, 0.3) is 0 Å². The maximum atomic E-state index is 12.9. The number of halogens is 2. The van der Waals surface area contributed by atoms with Crippen molar-refractivity contribution < 1.29 is 9.18 Å². The van der Waals surface area contributed by atoms with E-state index in [9.17, 15) is 9.18 Å². The number of hydrogen-bond donors (Lipinski definition) is 0. The lowest BCUT2D eigenvalue weighted by Gasteiger charge is -2.17. The van der Waals surface area contributed by atoms with Gasteiger partial charge in [0, 0.05) is 9.26 Å². The molecule has 4 heteroatoms. The van der Waals surface area contributed by atoms with Crippen molar-refractivity contribution in [2.24, 2.45) is 0 Å². The fourth-order valence-electron chi connectivity index (χ4n) is 2.30. The summed E-state index contributed by atoms with van der Waals surface area (Å²) >= 11 is 2.24. The van der Waals surface area contributed by atoms with Gasteiger partial charge in [0.15, 0.2) is 0 Å². The number of nitrogens with zero attached hydrogens (tertiary/aromatic N) is 1. The summed E-state index contributed by atoms with van der Waals surface area (Å²) in [7, 11) is 0. The summed E-state index contributed by atoms with van der Waals surface area (Å²) in [6.45, 7) is 0.493. The topological polar surface area (TPSA) is 20.3 Å². The average molecular weight is 367 g/mol. The van der Waals surface area contributed by atoms with E-state index in [1.165, 1.54) is 12.1 Å². The Hall–Kier alpha value is -1.43. The molecule has 0 aromatic heterocycles. The summed E-state index contributed by atoms with van der Waals surface area (Å²) in [6.07, 6.45) is 0.452. The fourth-order valence-corrected chi connectivity index (χ4v) is 2.85. The largest absolute Gasteiger partial charge is 0.307 e. The zero-order valence-electron chi connectivity index (χ0n) is 10.1. The van der Waals surface area contributed by atoms with E-state index >= 15 is 0 Å². The van der Waals surface area contributed by atoms with Crippen molar-refractivity contribution in [3.8, 4) is 0 Å². The van der Waals surface area contributed by atoms with Crippen LogP contribution in [0.2, 0.25) is 0 Å². The lowest BCUT2D eigenvalue weighted by molar-refractivity contribution is -0.117. The first-order chi connectivity index (χ1) is 9.13. The molecule has 0 atom stereocenters. The van der Waals surface area contributed by atoms with Crippen LogP contribution in [0, 0.1) is 9.39 Å². The van der Waals surface area contributed by atoms with Crippen LogP contribution in [0.3, 0.4) is 0 Å². The molecule has 0 radical (unpaired) electrons. The monoisotopic (exact) mass is 367 g/mol. The first-order valence-corrected chi connectivity index (χ1v) is 7.04. The Kier molecular flexibility index (Phi) is 3.26. The highest BCUT2D eigenvalue weighted by atomic mass is 127. The Morgan fingerprint density at radius 2 is 1.89 bits per heavy atom. The molecule has 1 amide bonds. The Morgan fingerprint density at radius 3 is 2.63 bits per heavy atom. The highest BCUT2D eigenvalue weighted by Crippen LogP contribution is 2.31. The SMILES string of the molecule is O=C1Cc2cc(I)ccc2N1Cc1ccc(F)cc1. The number of carbonyl (C=O) groups excluding carboxylic acids is 1. The normalized spacial score (nSPS) is 13.8. The molecule has 0 bridgehead atoms. The van der Waals surface area contributed by atoms with E-state index in [0.29, 0.717) is 13.0 Å². The van der Waals surface area contributed by atoms with E-state index in [1.807, 2.05) is 18.2 Å². The number of carbonyl (C=O) groups is 1. The van der Waals surface area contributed by atoms with Crippen LogP contribution in [0.25, 0.3) is 0 Å². The molecule has 96 valence electrons. The molecule has 2 aromatic rings. The van der Waals surface area contributed by atoms with Gasteiger partial charge in [-0.1, -0.05) is 12.1 Å². The Labute approximate surface area is 124 Å². The van der Waals surface area contributed by atoms with E-state index in [4.69, 9.17) is 0 Å². The predicted molar refractivity (Wildman–Crippen MR) is 80.5 cm³/mol. The summed E-state index contributed by atoms with van der Waals surface area (Å²) < 4.78 is 14.0. The van der Waals surface area contributed by atoms with E-state index in [-0.39, 0.29) is 11.7 Å². The Balaban J connectivity index is 1.90. The lowest BCUT2D eigenvalue weighted by Crippen LogP contribution is -2.25. The highest BCUT2D eigenvalue weighted by Gasteiger charge is 2.27. The van der Waals surface area contributed by atoms with Gasteiger partial charge in [-0.15, -0.1) is 0 Å². The summed E-state index contributed by atoms with van der Waals surface area (Å²) in [5.74, 6) is -0.159. The van der Waals surface area contributed by atoms with Gasteiger partial charge in [-0.2, -0.15) is 0 Å². The predicted octanol–water partition coefficient (Wildman–Crippen LogP) is 3.52. The molecular weight excluding hydrogens is 356 g/mol. The quantitative estimate of drug-likeness (QED) is 0.744. The Bertz CT molecular complexity index is 639. The summed E-state index contributed by atoms with van der Waals surface area (Å²) in [4.78, 5) is 13.8. The van der Waals surface area contributed by atoms with Crippen molar-refractivity contribution >= 4 is 34.2 Å². The molecule has 0 saturated heterocycles. The van der Waals surface area contributed by atoms with Crippen LogP contribution in [0.1, 0.15) is 11.1 Å². The van der Waals surface area contributed by atoms with Gasteiger partial charge in [-0.25, -0.2) is 4.39 Å². The molecule has 0 aliphatic carbocycles. The molecule has 0 spiro atoms. The standard InChI is InChI=1S/C15H11FINO/c16-12-3-1-10(2-4-12)9-18-14-6-5-13(17)7-11(14)8-15(18)19/h1-7H,8-9H2. The van der Waals surface area contributed by atoms with Crippen molar-refractivity contribution in [1.29, 1.82) is 0 Å². The van der Waals surface area contributed by atoms with Gasteiger partial charge in [-0.05, 0) is 64.0 Å². The third kappa shape index (κ3) is 2.49. The molecule has 0 saturated carbocycles. The molecule has 19 heavy (non-hydrogen) atoms. The minimum absolute atomic E-state index is 0.0984.